The molecular weight excluding hydrogens is 486 g/mol. The highest BCUT2D eigenvalue weighted by Crippen LogP contribution is 2.37. The molecule has 1 fully saturated rings. The monoisotopic (exact) mass is 529 g/mol. The lowest BCUT2D eigenvalue weighted by molar-refractivity contribution is 0.0929. The number of sulfonamides is 1. The fraction of sp³-hybridized carbons (Fsp3) is 0.571. The van der Waals surface area contributed by atoms with Gasteiger partial charge in [-0.05, 0) is 62.6 Å². The molecule has 0 radical (unpaired) electrons. The van der Waals surface area contributed by atoms with Crippen molar-refractivity contribution in [3.05, 3.63) is 53.6 Å². The zero-order chi connectivity index (χ0) is 27.2. The molecule has 8 nitrogen and oxygen atoms in total. The van der Waals surface area contributed by atoms with Gasteiger partial charge in [-0.2, -0.15) is 0 Å². The average Bonchev–Trinajstić information content (AvgIpc) is 3.60. The summed E-state index contributed by atoms with van der Waals surface area (Å²) in [5.41, 5.74) is 8.00. The van der Waals surface area contributed by atoms with Gasteiger partial charge in [-0.1, -0.05) is 57.0 Å². The number of nitrogens with zero attached hydrogens (tertiary/aromatic N) is 2. The van der Waals surface area contributed by atoms with E-state index in [1.165, 1.54) is 13.1 Å². The SMILES string of the molecule is CCCCC(N)[C@H](Cc1ccccc1)NC(=O)c1cc(NCC2CC2C)nc(N(C)S(=O)(=O)C(C)C)c1. The molecule has 37 heavy (non-hydrogen) atoms. The summed E-state index contributed by atoms with van der Waals surface area (Å²) in [6, 6.07) is 12.7. The minimum atomic E-state index is -3.61. The zero-order valence-electron chi connectivity index (χ0n) is 22.8. The largest absolute Gasteiger partial charge is 0.370 e. The summed E-state index contributed by atoms with van der Waals surface area (Å²) in [4.78, 5) is 18.1. The van der Waals surface area contributed by atoms with E-state index in [9.17, 15) is 13.2 Å². The van der Waals surface area contributed by atoms with E-state index < -0.39 is 15.3 Å². The molecule has 1 aliphatic carbocycles. The van der Waals surface area contributed by atoms with E-state index in [1.54, 1.807) is 19.9 Å². The van der Waals surface area contributed by atoms with Gasteiger partial charge in [0, 0.05) is 31.2 Å². The lowest BCUT2D eigenvalue weighted by Crippen LogP contribution is -2.49. The third-order valence-electron chi connectivity index (χ3n) is 7.22. The molecule has 0 saturated heterocycles. The van der Waals surface area contributed by atoms with E-state index in [0.29, 0.717) is 29.6 Å². The minimum absolute atomic E-state index is 0.205. The van der Waals surface area contributed by atoms with Gasteiger partial charge in [-0.25, -0.2) is 13.4 Å². The Bertz CT molecular complexity index is 1140. The molecule has 1 aromatic heterocycles. The van der Waals surface area contributed by atoms with Crippen molar-refractivity contribution in [1.29, 1.82) is 0 Å². The second-order valence-corrected chi connectivity index (χ2v) is 13.1. The predicted octanol–water partition coefficient (Wildman–Crippen LogP) is 4.18. The van der Waals surface area contributed by atoms with Crippen molar-refractivity contribution < 1.29 is 13.2 Å². The first-order chi connectivity index (χ1) is 17.5. The van der Waals surface area contributed by atoms with E-state index in [4.69, 9.17) is 5.73 Å². The van der Waals surface area contributed by atoms with Crippen molar-refractivity contribution in [2.24, 2.45) is 17.6 Å². The number of rotatable bonds is 14. The number of unbranched alkanes of at least 4 members (excludes halogenated alkanes) is 1. The highest BCUT2D eigenvalue weighted by molar-refractivity contribution is 7.93. The Kier molecular flexibility index (Phi) is 9.95. The molecule has 204 valence electrons. The van der Waals surface area contributed by atoms with Crippen LogP contribution in [0.25, 0.3) is 0 Å². The van der Waals surface area contributed by atoms with Crippen LogP contribution in [0.2, 0.25) is 0 Å². The third-order valence-corrected chi connectivity index (χ3v) is 9.36. The number of nitrogens with one attached hydrogen (secondary N) is 2. The molecule has 2 aromatic rings. The second kappa shape index (κ2) is 12.7. The Morgan fingerprint density at radius 3 is 2.49 bits per heavy atom. The van der Waals surface area contributed by atoms with Crippen molar-refractivity contribution >= 4 is 27.6 Å². The Morgan fingerprint density at radius 1 is 1.22 bits per heavy atom. The van der Waals surface area contributed by atoms with Gasteiger partial charge in [0.15, 0.2) is 0 Å². The van der Waals surface area contributed by atoms with Crippen molar-refractivity contribution in [1.82, 2.24) is 10.3 Å². The van der Waals surface area contributed by atoms with E-state index in [-0.39, 0.29) is 23.8 Å². The van der Waals surface area contributed by atoms with Crippen LogP contribution < -0.4 is 20.7 Å². The van der Waals surface area contributed by atoms with Crippen molar-refractivity contribution in [2.45, 2.75) is 77.1 Å². The Balaban J connectivity index is 1.88. The van der Waals surface area contributed by atoms with E-state index >= 15 is 0 Å². The van der Waals surface area contributed by atoms with E-state index in [1.807, 2.05) is 30.3 Å². The maximum absolute atomic E-state index is 13.5. The molecule has 1 saturated carbocycles. The smallest absolute Gasteiger partial charge is 0.251 e. The number of pyridine rings is 1. The van der Waals surface area contributed by atoms with Crippen LogP contribution in [0.4, 0.5) is 11.6 Å². The number of amides is 1. The molecule has 4 atom stereocenters. The second-order valence-electron chi connectivity index (χ2n) is 10.6. The van der Waals surface area contributed by atoms with Gasteiger partial charge in [-0.15, -0.1) is 0 Å². The number of hydrogen-bond acceptors (Lipinski definition) is 6. The van der Waals surface area contributed by atoms with Crippen LogP contribution in [0.3, 0.4) is 0 Å². The summed E-state index contributed by atoms with van der Waals surface area (Å²) in [5, 5.41) is 5.84. The number of nitrogens with two attached hydrogens (primary N) is 1. The molecule has 3 unspecified atom stereocenters. The molecule has 0 bridgehead atoms. The third kappa shape index (κ3) is 7.92. The molecule has 0 spiro atoms. The fourth-order valence-corrected chi connectivity index (χ4v) is 5.32. The Labute approximate surface area is 222 Å². The van der Waals surface area contributed by atoms with Gasteiger partial charge in [0.05, 0.1) is 5.25 Å². The molecule has 0 aliphatic heterocycles. The average molecular weight is 530 g/mol. The molecule has 1 aliphatic rings. The molecular formula is C28H43N5O3S. The van der Waals surface area contributed by atoms with Crippen LogP contribution in [-0.4, -0.2) is 50.2 Å². The molecule has 1 heterocycles. The van der Waals surface area contributed by atoms with Crippen LogP contribution >= 0.6 is 0 Å². The Morgan fingerprint density at radius 2 is 1.89 bits per heavy atom. The number of hydrogen-bond donors (Lipinski definition) is 3. The van der Waals surface area contributed by atoms with E-state index in [2.05, 4.69) is 29.5 Å². The van der Waals surface area contributed by atoms with Crippen molar-refractivity contribution in [3.63, 3.8) is 0 Å². The summed E-state index contributed by atoms with van der Waals surface area (Å²) in [5.74, 6) is 1.62. The first-order valence-electron chi connectivity index (χ1n) is 13.4. The normalized spacial score (nSPS) is 18.8. The van der Waals surface area contributed by atoms with Gasteiger partial charge < -0.3 is 16.4 Å². The maximum Gasteiger partial charge on any atom is 0.251 e. The van der Waals surface area contributed by atoms with Crippen LogP contribution in [0, 0.1) is 11.8 Å². The number of benzene rings is 1. The predicted molar refractivity (Wildman–Crippen MR) is 151 cm³/mol. The molecule has 1 amide bonds. The standard InChI is InChI=1S/C28H43N5O3S/c1-6-7-13-24(29)25(15-21-11-9-8-10-12-21)31-28(34)22-16-26(30-18-23-14-20(23)4)32-27(17-22)33(5)37(35,36)19(2)3/h8-12,16-17,19-20,23-25H,6-7,13-15,18,29H2,1-5H3,(H,30,32)(H,31,34)/t20?,23?,24?,25-/m0/s1. The lowest BCUT2D eigenvalue weighted by atomic mass is 9.96. The van der Waals surface area contributed by atoms with Crippen LogP contribution in [-0.2, 0) is 16.4 Å². The van der Waals surface area contributed by atoms with Gasteiger partial charge in [0.1, 0.15) is 11.6 Å². The quantitative estimate of drug-likeness (QED) is 0.338. The fourth-order valence-electron chi connectivity index (χ4n) is 4.33. The maximum atomic E-state index is 13.5. The topological polar surface area (TPSA) is 117 Å². The van der Waals surface area contributed by atoms with Gasteiger partial charge in [-0.3, -0.25) is 9.10 Å². The number of carbonyl (C=O) groups is 1. The highest BCUT2D eigenvalue weighted by Gasteiger charge is 2.32. The van der Waals surface area contributed by atoms with Gasteiger partial charge in [0.25, 0.3) is 5.91 Å². The van der Waals surface area contributed by atoms with Crippen molar-refractivity contribution in [2.75, 3.05) is 23.2 Å². The lowest BCUT2D eigenvalue weighted by Gasteiger charge is -2.26. The number of carbonyl (C=O) groups excluding carboxylic acids is 1. The molecule has 1 aromatic carbocycles. The summed E-state index contributed by atoms with van der Waals surface area (Å²) < 4.78 is 26.9. The van der Waals surface area contributed by atoms with Gasteiger partial charge in [0.2, 0.25) is 10.0 Å². The molecule has 3 rings (SSSR count). The zero-order valence-corrected chi connectivity index (χ0v) is 23.6. The number of aromatic nitrogens is 1. The van der Waals surface area contributed by atoms with Crippen molar-refractivity contribution in [3.8, 4) is 0 Å². The summed E-state index contributed by atoms with van der Waals surface area (Å²) in [7, 11) is -2.14. The van der Waals surface area contributed by atoms with E-state index in [0.717, 1.165) is 42.1 Å². The minimum Gasteiger partial charge on any atom is -0.370 e. The first-order valence-corrected chi connectivity index (χ1v) is 14.9. The molecule has 4 N–H and O–H groups in total. The van der Waals surface area contributed by atoms with Crippen LogP contribution in [0.5, 0.6) is 0 Å². The number of anilines is 2. The summed E-state index contributed by atoms with van der Waals surface area (Å²) in [6.07, 6.45) is 4.57. The summed E-state index contributed by atoms with van der Waals surface area (Å²) >= 11 is 0. The summed E-state index contributed by atoms with van der Waals surface area (Å²) in [6.45, 7) is 8.31. The van der Waals surface area contributed by atoms with Gasteiger partial charge >= 0.3 is 0 Å². The highest BCUT2D eigenvalue weighted by atomic mass is 32.2. The molecule has 9 heteroatoms. The van der Waals surface area contributed by atoms with Crippen LogP contribution in [0.15, 0.2) is 42.5 Å². The first kappa shape index (κ1) is 28.9. The van der Waals surface area contributed by atoms with Crippen LogP contribution in [0.1, 0.15) is 69.3 Å². The Hall–Kier alpha value is -2.65.